The average Bonchev–Trinajstić information content (AvgIpc) is 3.23. The molecule has 8 rings (SSSR count). The quantitative estimate of drug-likeness (QED) is 0.228. The molecular weight excluding hydrogens is 408 g/mol. The SMILES string of the molecule is c1ccc2cc(-c3ccc4c5c(cc6ccccc6c35)-c3ccc5ccccc5c3-4)ccc2c1. The molecule has 1 aliphatic carbocycles. The van der Waals surface area contributed by atoms with Gasteiger partial charge in [0.15, 0.2) is 0 Å². The summed E-state index contributed by atoms with van der Waals surface area (Å²) < 4.78 is 0. The van der Waals surface area contributed by atoms with Gasteiger partial charge in [-0.15, -0.1) is 0 Å². The van der Waals surface area contributed by atoms with E-state index < -0.39 is 0 Å². The van der Waals surface area contributed by atoms with Crippen LogP contribution in [0.15, 0.2) is 121 Å². The molecule has 0 aliphatic heterocycles. The van der Waals surface area contributed by atoms with Gasteiger partial charge in [0, 0.05) is 0 Å². The lowest BCUT2D eigenvalue weighted by atomic mass is 9.89. The molecule has 0 nitrogen and oxygen atoms in total. The minimum atomic E-state index is 1.27. The second-order valence-corrected chi connectivity index (χ2v) is 9.33. The van der Waals surface area contributed by atoms with Crippen LogP contribution in [0.3, 0.4) is 0 Å². The van der Waals surface area contributed by atoms with Crippen LogP contribution in [0.1, 0.15) is 0 Å². The van der Waals surface area contributed by atoms with E-state index in [2.05, 4.69) is 121 Å². The summed E-state index contributed by atoms with van der Waals surface area (Å²) in [4.78, 5) is 0. The van der Waals surface area contributed by atoms with E-state index in [1.807, 2.05) is 0 Å². The topological polar surface area (TPSA) is 0 Å². The van der Waals surface area contributed by atoms with Gasteiger partial charge in [0.05, 0.1) is 0 Å². The number of benzene rings is 7. The van der Waals surface area contributed by atoms with Crippen molar-refractivity contribution in [3.05, 3.63) is 121 Å². The maximum absolute atomic E-state index is 2.39. The van der Waals surface area contributed by atoms with E-state index in [4.69, 9.17) is 0 Å². The monoisotopic (exact) mass is 428 g/mol. The summed E-state index contributed by atoms with van der Waals surface area (Å²) in [6.07, 6.45) is 0. The third-order valence-electron chi connectivity index (χ3n) is 7.55. The molecule has 0 fully saturated rings. The summed E-state index contributed by atoms with van der Waals surface area (Å²) >= 11 is 0. The normalized spacial score (nSPS) is 12.1. The van der Waals surface area contributed by atoms with Crippen LogP contribution in [-0.4, -0.2) is 0 Å². The Balaban J connectivity index is 1.55. The average molecular weight is 429 g/mol. The Morgan fingerprint density at radius 1 is 0.324 bits per heavy atom. The summed E-state index contributed by atoms with van der Waals surface area (Å²) in [5, 5.41) is 10.6. The highest BCUT2D eigenvalue weighted by molar-refractivity contribution is 6.29. The Kier molecular flexibility index (Phi) is 3.48. The fourth-order valence-corrected chi connectivity index (χ4v) is 6.04. The minimum absolute atomic E-state index is 1.27. The standard InChI is InChI=1S/C34H20/c1-2-9-23-19-25(14-13-21(23)7-1)28-17-18-30-32-26-11-5-3-8-22(26)15-16-29(32)31-20-24-10-4-6-12-27(24)33(28)34(30)31/h1-20H. The highest BCUT2D eigenvalue weighted by atomic mass is 14.3. The van der Waals surface area contributed by atoms with Crippen molar-refractivity contribution >= 4 is 43.1 Å². The van der Waals surface area contributed by atoms with Gasteiger partial charge in [-0.05, 0) is 88.6 Å². The summed E-state index contributed by atoms with van der Waals surface area (Å²) in [6, 6.07) is 44.8. The molecule has 7 aromatic carbocycles. The van der Waals surface area contributed by atoms with E-state index in [-0.39, 0.29) is 0 Å². The molecule has 0 N–H and O–H groups in total. The number of rotatable bonds is 1. The van der Waals surface area contributed by atoms with Crippen molar-refractivity contribution in [2.45, 2.75) is 0 Å². The van der Waals surface area contributed by atoms with Crippen LogP contribution in [0.25, 0.3) is 76.5 Å². The Morgan fingerprint density at radius 3 is 1.85 bits per heavy atom. The molecule has 0 radical (unpaired) electrons. The van der Waals surface area contributed by atoms with Gasteiger partial charge in [-0.2, -0.15) is 0 Å². The molecule has 7 aromatic rings. The van der Waals surface area contributed by atoms with Crippen molar-refractivity contribution in [2.75, 3.05) is 0 Å². The van der Waals surface area contributed by atoms with Gasteiger partial charge >= 0.3 is 0 Å². The zero-order valence-electron chi connectivity index (χ0n) is 18.5. The molecular formula is C34H20. The molecule has 1 aliphatic rings. The molecule has 0 amide bonds. The van der Waals surface area contributed by atoms with Crippen molar-refractivity contribution in [1.29, 1.82) is 0 Å². The van der Waals surface area contributed by atoms with Crippen LogP contribution in [-0.2, 0) is 0 Å². The highest BCUT2D eigenvalue weighted by Crippen LogP contribution is 2.53. The van der Waals surface area contributed by atoms with Crippen molar-refractivity contribution in [1.82, 2.24) is 0 Å². The summed E-state index contributed by atoms with van der Waals surface area (Å²) in [5.74, 6) is 0. The van der Waals surface area contributed by atoms with Crippen LogP contribution in [0, 0.1) is 0 Å². The van der Waals surface area contributed by atoms with E-state index in [1.165, 1.54) is 76.5 Å². The summed E-state index contributed by atoms with van der Waals surface area (Å²) in [6.45, 7) is 0. The first-order valence-corrected chi connectivity index (χ1v) is 11.9. The Bertz CT molecular complexity index is 1960. The van der Waals surface area contributed by atoms with Crippen LogP contribution >= 0.6 is 0 Å². The van der Waals surface area contributed by atoms with Gasteiger partial charge in [-0.1, -0.05) is 109 Å². The molecule has 0 unspecified atom stereocenters. The maximum Gasteiger partial charge on any atom is -0.00134 e. The molecule has 0 aromatic heterocycles. The smallest absolute Gasteiger partial charge is 0.00134 e. The van der Waals surface area contributed by atoms with Crippen molar-refractivity contribution in [3.8, 4) is 33.4 Å². The molecule has 0 heterocycles. The van der Waals surface area contributed by atoms with Gasteiger partial charge < -0.3 is 0 Å². The van der Waals surface area contributed by atoms with Gasteiger partial charge in [0.25, 0.3) is 0 Å². The van der Waals surface area contributed by atoms with E-state index in [9.17, 15) is 0 Å². The molecule has 0 saturated heterocycles. The lowest BCUT2D eigenvalue weighted by Crippen LogP contribution is -1.86. The zero-order valence-corrected chi connectivity index (χ0v) is 18.5. The van der Waals surface area contributed by atoms with Crippen molar-refractivity contribution in [2.24, 2.45) is 0 Å². The van der Waals surface area contributed by atoms with E-state index in [1.54, 1.807) is 0 Å². The Morgan fingerprint density at radius 2 is 0.971 bits per heavy atom. The number of hydrogen-bond acceptors (Lipinski definition) is 0. The first-order chi connectivity index (χ1) is 16.9. The zero-order chi connectivity index (χ0) is 22.2. The molecule has 0 spiro atoms. The second-order valence-electron chi connectivity index (χ2n) is 9.33. The maximum atomic E-state index is 2.39. The van der Waals surface area contributed by atoms with Gasteiger partial charge in [-0.3, -0.25) is 0 Å². The van der Waals surface area contributed by atoms with Crippen LogP contribution in [0.2, 0.25) is 0 Å². The van der Waals surface area contributed by atoms with Crippen LogP contribution in [0.5, 0.6) is 0 Å². The third kappa shape index (κ3) is 2.32. The first-order valence-electron chi connectivity index (χ1n) is 11.9. The molecule has 0 heteroatoms. The van der Waals surface area contributed by atoms with E-state index >= 15 is 0 Å². The first kappa shape index (κ1) is 18.1. The predicted octanol–water partition coefficient (Wildman–Crippen LogP) is 9.61. The predicted molar refractivity (Wildman–Crippen MR) is 146 cm³/mol. The van der Waals surface area contributed by atoms with Gasteiger partial charge in [0.2, 0.25) is 0 Å². The summed E-state index contributed by atoms with van der Waals surface area (Å²) in [7, 11) is 0. The lowest BCUT2D eigenvalue weighted by Gasteiger charge is -2.14. The van der Waals surface area contributed by atoms with E-state index in [0.717, 1.165) is 0 Å². The Labute approximate surface area is 197 Å². The molecule has 0 bridgehead atoms. The van der Waals surface area contributed by atoms with E-state index in [0.29, 0.717) is 0 Å². The third-order valence-corrected chi connectivity index (χ3v) is 7.55. The fourth-order valence-electron chi connectivity index (χ4n) is 6.04. The minimum Gasteiger partial charge on any atom is -0.0616 e. The molecule has 34 heavy (non-hydrogen) atoms. The van der Waals surface area contributed by atoms with Gasteiger partial charge in [0.1, 0.15) is 0 Å². The van der Waals surface area contributed by atoms with Crippen molar-refractivity contribution in [3.63, 3.8) is 0 Å². The van der Waals surface area contributed by atoms with Crippen LogP contribution in [0.4, 0.5) is 0 Å². The van der Waals surface area contributed by atoms with Crippen molar-refractivity contribution < 1.29 is 0 Å². The summed E-state index contributed by atoms with van der Waals surface area (Å²) in [5.41, 5.74) is 8.01. The lowest BCUT2D eigenvalue weighted by molar-refractivity contribution is 1.69. The largest absolute Gasteiger partial charge is 0.0616 e. The highest BCUT2D eigenvalue weighted by Gasteiger charge is 2.26. The number of hydrogen-bond donors (Lipinski definition) is 0. The fraction of sp³-hybridized carbons (Fsp3) is 0. The number of fused-ring (bicyclic) bond motifs is 8. The molecule has 0 atom stereocenters. The second kappa shape index (κ2) is 6.56. The van der Waals surface area contributed by atoms with Gasteiger partial charge in [-0.25, -0.2) is 0 Å². The molecule has 156 valence electrons. The molecule has 0 saturated carbocycles. The Hall–Kier alpha value is -4.42. The van der Waals surface area contributed by atoms with Crippen LogP contribution < -0.4 is 0 Å².